The van der Waals surface area contributed by atoms with E-state index in [9.17, 15) is 35.9 Å². The fourth-order valence-electron chi connectivity index (χ4n) is 3.22. The number of hydrogen-bond donors (Lipinski definition) is 3. The number of nitrogens with zero attached hydrogens (tertiary/aromatic N) is 1. The normalized spacial score (nSPS) is 19.5. The number of nitrogens with one attached hydrogen (secondary N) is 3. The van der Waals surface area contributed by atoms with Crippen LogP contribution in [0.2, 0.25) is 0 Å². The summed E-state index contributed by atoms with van der Waals surface area (Å²) in [4.78, 5) is 27.5. The van der Waals surface area contributed by atoms with Crippen LogP contribution in [0.5, 0.6) is 0 Å². The van der Waals surface area contributed by atoms with Crippen molar-refractivity contribution in [1.29, 1.82) is 0 Å². The van der Waals surface area contributed by atoms with E-state index in [1.165, 1.54) is 12.1 Å². The van der Waals surface area contributed by atoms with E-state index in [1.807, 2.05) is 0 Å². The molecule has 180 valence electrons. The molecule has 0 bridgehead atoms. The monoisotopic (exact) mass is 494 g/mol. The number of carbonyl (C=O) groups excluding carboxylic acids is 2. The van der Waals surface area contributed by atoms with Gasteiger partial charge in [-0.1, -0.05) is 19.9 Å². The summed E-state index contributed by atoms with van der Waals surface area (Å²) < 4.78 is 79.6. The minimum absolute atomic E-state index is 0.0341. The van der Waals surface area contributed by atoms with Crippen molar-refractivity contribution in [3.05, 3.63) is 51.0 Å². The zero-order valence-corrected chi connectivity index (χ0v) is 18.2. The summed E-state index contributed by atoms with van der Waals surface area (Å²) in [5.41, 5.74) is -2.11. The highest BCUT2D eigenvalue weighted by Crippen LogP contribution is 2.38. The van der Waals surface area contributed by atoms with Gasteiger partial charge < -0.3 is 10.6 Å². The topological polar surface area (TPSA) is 83.1 Å². The average Bonchev–Trinajstić information content (AvgIpc) is 3.21. The molecule has 1 fully saturated rings. The highest BCUT2D eigenvalue weighted by molar-refractivity contribution is 7.09. The van der Waals surface area contributed by atoms with Crippen LogP contribution in [0.1, 0.15) is 59.9 Å². The summed E-state index contributed by atoms with van der Waals surface area (Å²) in [6, 6.07) is 2.25. The van der Waals surface area contributed by atoms with Gasteiger partial charge in [0.15, 0.2) is 5.69 Å². The summed E-state index contributed by atoms with van der Waals surface area (Å²) in [5.74, 6) is -1.25. The maximum Gasteiger partial charge on any atom is 0.434 e. The van der Waals surface area contributed by atoms with Crippen molar-refractivity contribution in [2.24, 2.45) is 5.92 Å². The Morgan fingerprint density at radius 3 is 2.48 bits per heavy atom. The first-order chi connectivity index (χ1) is 15.3. The molecule has 1 aromatic heterocycles. The Balaban J connectivity index is 1.91. The molecular formula is C20H20F6N4O2S. The molecule has 0 radical (unpaired) electrons. The highest BCUT2D eigenvalue weighted by atomic mass is 32.1. The Morgan fingerprint density at radius 2 is 1.91 bits per heavy atom. The first-order valence-electron chi connectivity index (χ1n) is 9.81. The third-order valence-corrected chi connectivity index (χ3v) is 5.86. The molecule has 2 unspecified atom stereocenters. The Hall–Kier alpha value is -2.67. The SMILES string of the molecule is CC(C)C(=O)NCc1ccc(C(F)(F)F)c(C2NC(=O)CC(c3nc(C(F)(F)F)cs3)N2)c1. The second-order valence-corrected chi connectivity index (χ2v) is 8.67. The van der Waals surface area contributed by atoms with Crippen molar-refractivity contribution in [1.82, 2.24) is 20.9 Å². The standard InChI is InChI=1S/C20H20F6N4O2S/c1-9(2)17(32)27-7-10-3-4-12(19(21,22)23)11(5-10)16-28-13(6-15(31)30-16)18-29-14(8-33-18)20(24,25)26/h3-5,8-9,13,16,28H,6-7H2,1-2H3,(H,27,32)(H,30,31). The van der Waals surface area contributed by atoms with E-state index >= 15 is 0 Å². The molecule has 1 aliphatic heterocycles. The molecular weight excluding hydrogens is 474 g/mol. The molecule has 0 spiro atoms. The van der Waals surface area contributed by atoms with Gasteiger partial charge in [-0.25, -0.2) is 4.98 Å². The van der Waals surface area contributed by atoms with Gasteiger partial charge in [0, 0.05) is 29.8 Å². The Bertz CT molecular complexity index is 1030. The number of amides is 2. The van der Waals surface area contributed by atoms with Crippen molar-refractivity contribution < 1.29 is 35.9 Å². The summed E-state index contributed by atoms with van der Waals surface area (Å²) in [6.07, 6.45) is -11.0. The second kappa shape index (κ2) is 9.29. The minimum atomic E-state index is -4.75. The van der Waals surface area contributed by atoms with E-state index < -0.39 is 41.7 Å². The molecule has 33 heavy (non-hydrogen) atoms. The van der Waals surface area contributed by atoms with E-state index in [-0.39, 0.29) is 35.4 Å². The molecule has 0 saturated carbocycles. The van der Waals surface area contributed by atoms with E-state index in [1.54, 1.807) is 13.8 Å². The van der Waals surface area contributed by atoms with Crippen LogP contribution in [0, 0.1) is 5.92 Å². The number of halogens is 6. The van der Waals surface area contributed by atoms with Crippen LogP contribution in [0.3, 0.4) is 0 Å². The lowest BCUT2D eigenvalue weighted by atomic mass is 9.98. The van der Waals surface area contributed by atoms with Crippen LogP contribution in [0.4, 0.5) is 26.3 Å². The number of hydrogen-bond acceptors (Lipinski definition) is 5. The molecule has 2 heterocycles. The minimum Gasteiger partial charge on any atom is -0.352 e. The number of rotatable bonds is 5. The molecule has 1 aliphatic rings. The lowest BCUT2D eigenvalue weighted by molar-refractivity contribution is -0.141. The average molecular weight is 494 g/mol. The molecule has 2 atom stereocenters. The third-order valence-electron chi connectivity index (χ3n) is 4.90. The lowest BCUT2D eigenvalue weighted by Crippen LogP contribution is -2.47. The van der Waals surface area contributed by atoms with Gasteiger partial charge in [-0.05, 0) is 17.7 Å². The fraction of sp³-hybridized carbons (Fsp3) is 0.450. The van der Waals surface area contributed by atoms with E-state index in [0.29, 0.717) is 16.9 Å². The summed E-state index contributed by atoms with van der Waals surface area (Å²) in [5, 5.41) is 8.51. The quantitative estimate of drug-likeness (QED) is 0.542. The van der Waals surface area contributed by atoms with Crippen LogP contribution in [-0.2, 0) is 28.5 Å². The van der Waals surface area contributed by atoms with Crippen molar-refractivity contribution in [3.8, 4) is 0 Å². The number of alkyl halides is 6. The predicted molar refractivity (Wildman–Crippen MR) is 107 cm³/mol. The maximum atomic E-state index is 13.7. The number of thiazole rings is 1. The largest absolute Gasteiger partial charge is 0.434 e. The Labute approximate surface area is 188 Å². The van der Waals surface area contributed by atoms with Gasteiger partial charge in [0.05, 0.1) is 11.6 Å². The highest BCUT2D eigenvalue weighted by Gasteiger charge is 2.39. The molecule has 1 aromatic carbocycles. The first kappa shape index (κ1) is 25.0. The van der Waals surface area contributed by atoms with E-state index in [2.05, 4.69) is 20.9 Å². The number of carbonyl (C=O) groups is 2. The molecule has 3 N–H and O–H groups in total. The predicted octanol–water partition coefficient (Wildman–Crippen LogP) is 4.30. The zero-order valence-electron chi connectivity index (χ0n) is 17.4. The summed E-state index contributed by atoms with van der Waals surface area (Å²) in [7, 11) is 0. The summed E-state index contributed by atoms with van der Waals surface area (Å²) in [6.45, 7) is 3.30. The molecule has 2 amide bonds. The molecule has 2 aromatic rings. The van der Waals surface area contributed by atoms with Gasteiger partial charge in [0.2, 0.25) is 11.8 Å². The second-order valence-electron chi connectivity index (χ2n) is 7.78. The first-order valence-corrected chi connectivity index (χ1v) is 10.7. The van der Waals surface area contributed by atoms with Crippen LogP contribution < -0.4 is 16.0 Å². The van der Waals surface area contributed by atoms with E-state index in [4.69, 9.17) is 0 Å². The Morgan fingerprint density at radius 1 is 1.21 bits per heavy atom. The van der Waals surface area contributed by atoms with Crippen LogP contribution in [0.15, 0.2) is 23.6 Å². The van der Waals surface area contributed by atoms with Crippen LogP contribution >= 0.6 is 11.3 Å². The van der Waals surface area contributed by atoms with Gasteiger partial charge in [-0.15, -0.1) is 11.3 Å². The fourth-order valence-corrected chi connectivity index (χ4v) is 4.11. The van der Waals surface area contributed by atoms with Gasteiger partial charge in [-0.2, -0.15) is 26.3 Å². The van der Waals surface area contributed by atoms with Crippen molar-refractivity contribution in [2.75, 3.05) is 0 Å². The number of aromatic nitrogens is 1. The molecule has 1 saturated heterocycles. The van der Waals surface area contributed by atoms with Crippen LogP contribution in [-0.4, -0.2) is 16.8 Å². The van der Waals surface area contributed by atoms with Crippen LogP contribution in [0.25, 0.3) is 0 Å². The van der Waals surface area contributed by atoms with Crippen molar-refractivity contribution >= 4 is 23.2 Å². The lowest BCUT2D eigenvalue weighted by Gasteiger charge is -2.32. The zero-order chi connectivity index (χ0) is 24.6. The van der Waals surface area contributed by atoms with Gasteiger partial charge in [0.25, 0.3) is 0 Å². The van der Waals surface area contributed by atoms with Crippen molar-refractivity contribution in [2.45, 2.75) is 51.4 Å². The van der Waals surface area contributed by atoms with E-state index in [0.717, 1.165) is 11.4 Å². The molecule has 13 heteroatoms. The van der Waals surface area contributed by atoms with Gasteiger partial charge in [0.1, 0.15) is 11.2 Å². The number of benzene rings is 1. The maximum absolute atomic E-state index is 13.7. The smallest absolute Gasteiger partial charge is 0.352 e. The Kier molecular flexibility index (Phi) is 7.03. The molecule has 6 nitrogen and oxygen atoms in total. The van der Waals surface area contributed by atoms with Gasteiger partial charge >= 0.3 is 12.4 Å². The van der Waals surface area contributed by atoms with Gasteiger partial charge in [-0.3, -0.25) is 14.9 Å². The molecule has 3 rings (SSSR count). The van der Waals surface area contributed by atoms with Crippen molar-refractivity contribution in [3.63, 3.8) is 0 Å². The third kappa shape index (κ3) is 6.02. The molecule has 0 aliphatic carbocycles. The summed E-state index contributed by atoms with van der Waals surface area (Å²) >= 11 is 0.666.